The molecule has 0 aliphatic carbocycles. The molecule has 0 saturated carbocycles. The van der Waals surface area contributed by atoms with Gasteiger partial charge in [-0.1, -0.05) is 30.3 Å². The van der Waals surface area contributed by atoms with Gasteiger partial charge in [0.1, 0.15) is 11.5 Å². The molecule has 1 aromatic heterocycles. The van der Waals surface area contributed by atoms with Crippen molar-refractivity contribution in [1.29, 1.82) is 0 Å². The fraction of sp³-hybridized carbons (Fsp3) is 0.150. The highest BCUT2D eigenvalue weighted by molar-refractivity contribution is 5.94. The number of carbonyl (C=O) groups is 2. The average Bonchev–Trinajstić information content (AvgIpc) is 3.09. The van der Waals surface area contributed by atoms with Gasteiger partial charge in [-0.15, -0.1) is 0 Å². The molecule has 0 radical (unpaired) electrons. The van der Waals surface area contributed by atoms with Crippen LogP contribution in [-0.4, -0.2) is 27.5 Å². The van der Waals surface area contributed by atoms with E-state index in [4.69, 9.17) is 4.74 Å². The van der Waals surface area contributed by atoms with Crippen LogP contribution in [0.5, 0.6) is 5.75 Å². The number of aryl methyl sites for hydroxylation is 1. The van der Waals surface area contributed by atoms with Gasteiger partial charge in [-0.05, 0) is 38.1 Å². The fourth-order valence-corrected chi connectivity index (χ4v) is 2.58. The Morgan fingerprint density at radius 3 is 2.46 bits per heavy atom. The highest BCUT2D eigenvalue weighted by Gasteiger charge is 2.20. The summed E-state index contributed by atoms with van der Waals surface area (Å²) in [5.41, 5.74) is 5.64. The predicted molar refractivity (Wildman–Crippen MR) is 100 cm³/mol. The number of aromatic nitrogens is 2. The lowest BCUT2D eigenvalue weighted by Crippen LogP contribution is -2.47. The zero-order chi connectivity index (χ0) is 20.1. The maximum Gasteiger partial charge on any atom is 0.288 e. The zero-order valence-electron chi connectivity index (χ0n) is 15.3. The standard InChI is InChI=1S/C20H19FN4O3/c1-13(28-18-11-7-6-10-16(18)21)19(26)23-24-20(27)17-12-22-14(2)25(17)15-8-4-3-5-9-15/h3-13H,1-2H3,(H,23,26)(H,24,27). The maximum atomic E-state index is 13.6. The Labute approximate surface area is 161 Å². The summed E-state index contributed by atoms with van der Waals surface area (Å²) in [7, 11) is 0. The van der Waals surface area contributed by atoms with E-state index in [1.165, 1.54) is 31.3 Å². The van der Waals surface area contributed by atoms with E-state index < -0.39 is 23.7 Å². The van der Waals surface area contributed by atoms with E-state index in [0.29, 0.717) is 5.82 Å². The number of halogens is 1. The maximum absolute atomic E-state index is 13.6. The van der Waals surface area contributed by atoms with Crippen molar-refractivity contribution in [2.24, 2.45) is 0 Å². The molecular formula is C20H19FN4O3. The Bertz CT molecular complexity index is 988. The molecule has 0 aliphatic heterocycles. The third kappa shape index (κ3) is 4.17. The molecule has 0 saturated heterocycles. The Balaban J connectivity index is 1.65. The van der Waals surface area contributed by atoms with E-state index in [0.717, 1.165) is 5.69 Å². The van der Waals surface area contributed by atoms with Crippen LogP contribution >= 0.6 is 0 Å². The van der Waals surface area contributed by atoms with E-state index in [1.807, 2.05) is 30.3 Å². The van der Waals surface area contributed by atoms with Crippen molar-refractivity contribution in [2.45, 2.75) is 20.0 Å². The Hall–Kier alpha value is -3.68. The molecule has 7 nitrogen and oxygen atoms in total. The first-order valence-electron chi connectivity index (χ1n) is 8.58. The Kier molecular flexibility index (Phi) is 5.69. The topological polar surface area (TPSA) is 85.2 Å². The second kappa shape index (κ2) is 8.34. The smallest absolute Gasteiger partial charge is 0.288 e. The Morgan fingerprint density at radius 2 is 1.75 bits per heavy atom. The normalized spacial score (nSPS) is 11.5. The lowest BCUT2D eigenvalue weighted by molar-refractivity contribution is -0.128. The van der Waals surface area contributed by atoms with Crippen molar-refractivity contribution >= 4 is 11.8 Å². The van der Waals surface area contributed by atoms with Crippen LogP contribution in [0.4, 0.5) is 4.39 Å². The van der Waals surface area contributed by atoms with E-state index in [1.54, 1.807) is 17.6 Å². The van der Waals surface area contributed by atoms with E-state index in [-0.39, 0.29) is 11.4 Å². The molecule has 3 aromatic rings. The van der Waals surface area contributed by atoms with Gasteiger partial charge in [0.2, 0.25) is 0 Å². The van der Waals surface area contributed by atoms with E-state index in [9.17, 15) is 14.0 Å². The molecule has 8 heteroatoms. The second-order valence-corrected chi connectivity index (χ2v) is 6.00. The first-order valence-corrected chi connectivity index (χ1v) is 8.58. The van der Waals surface area contributed by atoms with Crippen molar-refractivity contribution < 1.29 is 18.7 Å². The molecule has 1 heterocycles. The lowest BCUT2D eigenvalue weighted by Gasteiger charge is -2.16. The van der Waals surface area contributed by atoms with Crippen LogP contribution in [0.2, 0.25) is 0 Å². The summed E-state index contributed by atoms with van der Waals surface area (Å²) in [6.45, 7) is 3.22. The number of amides is 2. The molecule has 3 rings (SSSR count). The minimum absolute atomic E-state index is 0.0470. The first-order chi connectivity index (χ1) is 13.5. The van der Waals surface area contributed by atoms with Crippen molar-refractivity contribution in [3.63, 3.8) is 0 Å². The Morgan fingerprint density at radius 1 is 1.07 bits per heavy atom. The van der Waals surface area contributed by atoms with Crippen LogP contribution in [0.15, 0.2) is 60.8 Å². The third-order valence-corrected chi connectivity index (χ3v) is 3.99. The summed E-state index contributed by atoms with van der Waals surface area (Å²) >= 11 is 0. The molecular weight excluding hydrogens is 363 g/mol. The van der Waals surface area contributed by atoms with Gasteiger partial charge in [-0.3, -0.25) is 25.0 Å². The molecule has 2 N–H and O–H groups in total. The number of imidazole rings is 1. The van der Waals surface area contributed by atoms with Gasteiger partial charge in [-0.25, -0.2) is 9.37 Å². The van der Waals surface area contributed by atoms with Crippen LogP contribution in [0.3, 0.4) is 0 Å². The monoisotopic (exact) mass is 382 g/mol. The second-order valence-electron chi connectivity index (χ2n) is 6.00. The molecule has 0 bridgehead atoms. The molecule has 2 aromatic carbocycles. The summed E-state index contributed by atoms with van der Waals surface area (Å²) in [5, 5.41) is 0. The predicted octanol–water partition coefficient (Wildman–Crippen LogP) is 2.55. The van der Waals surface area contributed by atoms with Gasteiger partial charge in [0, 0.05) is 5.69 Å². The van der Waals surface area contributed by atoms with E-state index >= 15 is 0 Å². The number of rotatable bonds is 5. The van der Waals surface area contributed by atoms with E-state index in [2.05, 4.69) is 15.8 Å². The number of hydrazine groups is 1. The largest absolute Gasteiger partial charge is 0.478 e. The molecule has 2 amide bonds. The molecule has 1 unspecified atom stereocenters. The third-order valence-electron chi connectivity index (χ3n) is 3.99. The number of para-hydroxylation sites is 2. The van der Waals surface area contributed by atoms with Gasteiger partial charge >= 0.3 is 0 Å². The highest BCUT2D eigenvalue weighted by Crippen LogP contribution is 2.17. The van der Waals surface area contributed by atoms with Crippen LogP contribution < -0.4 is 15.6 Å². The summed E-state index contributed by atoms with van der Waals surface area (Å²) in [5.74, 6) is -1.17. The van der Waals surface area contributed by atoms with Crippen LogP contribution in [-0.2, 0) is 4.79 Å². The van der Waals surface area contributed by atoms with Gasteiger partial charge in [-0.2, -0.15) is 0 Å². The minimum Gasteiger partial charge on any atom is -0.478 e. The van der Waals surface area contributed by atoms with Gasteiger partial charge in [0.05, 0.1) is 6.20 Å². The molecule has 28 heavy (non-hydrogen) atoms. The van der Waals surface area contributed by atoms with Crippen molar-refractivity contribution in [2.75, 3.05) is 0 Å². The molecule has 0 spiro atoms. The van der Waals surface area contributed by atoms with Gasteiger partial charge < -0.3 is 4.74 Å². The SMILES string of the molecule is Cc1ncc(C(=O)NNC(=O)C(C)Oc2ccccc2F)n1-c1ccccc1. The quantitative estimate of drug-likeness (QED) is 0.664. The number of nitrogens with zero attached hydrogens (tertiary/aromatic N) is 2. The number of hydrogen-bond acceptors (Lipinski definition) is 4. The van der Waals surface area contributed by atoms with Crippen LogP contribution in [0.25, 0.3) is 5.69 Å². The first kappa shape index (κ1) is 19.1. The summed E-state index contributed by atoms with van der Waals surface area (Å²) in [4.78, 5) is 28.8. The minimum atomic E-state index is -1.02. The van der Waals surface area contributed by atoms with Gasteiger partial charge in [0.15, 0.2) is 17.7 Å². The van der Waals surface area contributed by atoms with Crippen molar-refractivity contribution in [1.82, 2.24) is 20.4 Å². The molecule has 144 valence electrons. The number of benzene rings is 2. The molecule has 0 aliphatic rings. The van der Waals surface area contributed by atoms with Crippen LogP contribution in [0, 0.1) is 12.7 Å². The number of carbonyl (C=O) groups excluding carboxylic acids is 2. The fourth-order valence-electron chi connectivity index (χ4n) is 2.58. The zero-order valence-corrected chi connectivity index (χ0v) is 15.3. The van der Waals surface area contributed by atoms with Crippen molar-refractivity contribution in [3.05, 3.63) is 78.1 Å². The number of hydrogen-bond donors (Lipinski definition) is 2. The number of ether oxygens (including phenoxy) is 1. The van der Waals surface area contributed by atoms with Crippen molar-refractivity contribution in [3.8, 4) is 11.4 Å². The summed E-state index contributed by atoms with van der Waals surface area (Å²) in [6, 6.07) is 15.0. The lowest BCUT2D eigenvalue weighted by atomic mass is 10.3. The summed E-state index contributed by atoms with van der Waals surface area (Å²) in [6.07, 6.45) is 0.404. The van der Waals surface area contributed by atoms with Crippen LogP contribution in [0.1, 0.15) is 23.2 Å². The average molecular weight is 382 g/mol. The highest BCUT2D eigenvalue weighted by atomic mass is 19.1. The summed E-state index contributed by atoms with van der Waals surface area (Å²) < 4.78 is 20.6. The number of nitrogens with one attached hydrogen (secondary N) is 2. The van der Waals surface area contributed by atoms with Gasteiger partial charge in [0.25, 0.3) is 11.8 Å². The molecule has 1 atom stereocenters. The molecule has 0 fully saturated rings.